The van der Waals surface area contributed by atoms with Gasteiger partial charge in [0.25, 0.3) is 11.8 Å². The normalized spacial score (nSPS) is 18.4. The smallest absolute Gasteiger partial charge is 0.356 e. The first kappa shape index (κ1) is 18.2. The Balaban J connectivity index is 1.98. The van der Waals surface area contributed by atoms with Gasteiger partial charge in [-0.2, -0.15) is 18.2 Å². The SMILES string of the molecule is CC1=CC(=O)N(N(C)c2ccc(C(F)(F)F)c(N3CCCCC3)n2)C1=O. The van der Waals surface area contributed by atoms with E-state index in [-0.39, 0.29) is 17.2 Å². The van der Waals surface area contributed by atoms with Crippen molar-refractivity contribution in [2.75, 3.05) is 30.0 Å². The van der Waals surface area contributed by atoms with E-state index in [0.29, 0.717) is 13.1 Å². The number of piperidine rings is 1. The predicted octanol–water partition coefficient (Wildman–Crippen LogP) is 2.76. The summed E-state index contributed by atoms with van der Waals surface area (Å²) in [5.41, 5.74) is -0.546. The summed E-state index contributed by atoms with van der Waals surface area (Å²) in [7, 11) is 1.43. The van der Waals surface area contributed by atoms with E-state index in [4.69, 9.17) is 0 Å². The van der Waals surface area contributed by atoms with Crippen LogP contribution in [0.3, 0.4) is 0 Å². The highest BCUT2D eigenvalue weighted by atomic mass is 19.4. The lowest BCUT2D eigenvalue weighted by Crippen LogP contribution is -2.45. The average Bonchev–Trinajstić information content (AvgIpc) is 2.86. The Kier molecular flexibility index (Phi) is 4.64. The number of aromatic nitrogens is 1. The van der Waals surface area contributed by atoms with Crippen LogP contribution in [0.15, 0.2) is 23.8 Å². The van der Waals surface area contributed by atoms with Crippen molar-refractivity contribution in [1.82, 2.24) is 9.99 Å². The van der Waals surface area contributed by atoms with E-state index in [2.05, 4.69) is 4.98 Å². The molecule has 3 heterocycles. The molecule has 0 saturated carbocycles. The van der Waals surface area contributed by atoms with E-state index in [1.165, 1.54) is 31.1 Å². The molecule has 0 bridgehead atoms. The summed E-state index contributed by atoms with van der Waals surface area (Å²) in [5.74, 6) is -1.12. The van der Waals surface area contributed by atoms with Crippen molar-refractivity contribution in [2.45, 2.75) is 32.4 Å². The third-order valence-corrected chi connectivity index (χ3v) is 4.53. The fourth-order valence-electron chi connectivity index (χ4n) is 3.15. The van der Waals surface area contributed by atoms with E-state index in [1.54, 1.807) is 4.90 Å². The molecule has 1 aromatic rings. The van der Waals surface area contributed by atoms with Gasteiger partial charge in [0.15, 0.2) is 0 Å². The summed E-state index contributed by atoms with van der Waals surface area (Å²) in [6, 6.07) is 2.12. The van der Waals surface area contributed by atoms with Gasteiger partial charge in [-0.1, -0.05) is 0 Å². The molecule has 2 aliphatic rings. The molecule has 140 valence electrons. The molecule has 1 fully saturated rings. The van der Waals surface area contributed by atoms with Crippen molar-refractivity contribution >= 4 is 23.5 Å². The minimum Gasteiger partial charge on any atom is -0.356 e. The highest BCUT2D eigenvalue weighted by Gasteiger charge is 2.38. The van der Waals surface area contributed by atoms with Gasteiger partial charge in [0.2, 0.25) is 0 Å². The highest BCUT2D eigenvalue weighted by Crippen LogP contribution is 2.37. The van der Waals surface area contributed by atoms with Crippen LogP contribution in [0, 0.1) is 0 Å². The first-order valence-electron chi connectivity index (χ1n) is 8.33. The third-order valence-electron chi connectivity index (χ3n) is 4.53. The largest absolute Gasteiger partial charge is 0.419 e. The van der Waals surface area contributed by atoms with Gasteiger partial charge in [0.05, 0.1) is 5.56 Å². The molecular weight excluding hydrogens is 349 g/mol. The number of halogens is 3. The Morgan fingerprint density at radius 3 is 2.31 bits per heavy atom. The van der Waals surface area contributed by atoms with Gasteiger partial charge in [-0.05, 0) is 38.3 Å². The van der Waals surface area contributed by atoms with Gasteiger partial charge < -0.3 is 4.90 Å². The lowest BCUT2D eigenvalue weighted by Gasteiger charge is -2.32. The molecule has 6 nitrogen and oxygen atoms in total. The number of carbonyl (C=O) groups excluding carboxylic acids is 2. The van der Waals surface area contributed by atoms with E-state index >= 15 is 0 Å². The highest BCUT2D eigenvalue weighted by molar-refractivity contribution is 6.16. The average molecular weight is 368 g/mol. The van der Waals surface area contributed by atoms with E-state index < -0.39 is 23.6 Å². The van der Waals surface area contributed by atoms with Crippen molar-refractivity contribution in [3.05, 3.63) is 29.3 Å². The molecule has 2 amide bonds. The Morgan fingerprint density at radius 2 is 1.77 bits per heavy atom. The number of anilines is 2. The number of carbonyl (C=O) groups is 2. The molecule has 0 N–H and O–H groups in total. The molecule has 2 aliphatic heterocycles. The zero-order valence-electron chi connectivity index (χ0n) is 14.5. The number of hydrogen-bond donors (Lipinski definition) is 0. The van der Waals surface area contributed by atoms with Gasteiger partial charge in [-0.3, -0.25) is 14.6 Å². The molecule has 1 saturated heterocycles. The number of pyridine rings is 1. The Labute approximate surface area is 148 Å². The molecular formula is C17H19F3N4O2. The molecule has 0 aliphatic carbocycles. The van der Waals surface area contributed by atoms with Gasteiger partial charge in [-0.25, -0.2) is 4.98 Å². The molecule has 0 radical (unpaired) electrons. The summed E-state index contributed by atoms with van der Waals surface area (Å²) >= 11 is 0. The molecule has 0 unspecified atom stereocenters. The number of alkyl halides is 3. The van der Waals surface area contributed by atoms with Gasteiger partial charge in [-0.15, -0.1) is 0 Å². The maximum atomic E-state index is 13.4. The Hall–Kier alpha value is -2.58. The van der Waals surface area contributed by atoms with Crippen LogP contribution in [0.1, 0.15) is 31.7 Å². The van der Waals surface area contributed by atoms with Crippen LogP contribution in [0.5, 0.6) is 0 Å². The minimum absolute atomic E-state index is 0.100. The molecule has 0 spiro atoms. The lowest BCUT2D eigenvalue weighted by atomic mass is 10.1. The quantitative estimate of drug-likeness (QED) is 0.768. The van der Waals surface area contributed by atoms with Crippen LogP contribution in [-0.4, -0.2) is 41.9 Å². The minimum atomic E-state index is -4.53. The fourth-order valence-corrected chi connectivity index (χ4v) is 3.15. The van der Waals surface area contributed by atoms with Crippen molar-refractivity contribution in [1.29, 1.82) is 0 Å². The topological polar surface area (TPSA) is 56.8 Å². The van der Waals surface area contributed by atoms with Crippen LogP contribution in [-0.2, 0) is 15.8 Å². The van der Waals surface area contributed by atoms with E-state index in [0.717, 1.165) is 30.3 Å². The summed E-state index contributed by atoms with van der Waals surface area (Å²) < 4.78 is 40.2. The maximum absolute atomic E-state index is 13.4. The molecule has 26 heavy (non-hydrogen) atoms. The van der Waals surface area contributed by atoms with E-state index in [9.17, 15) is 22.8 Å². The summed E-state index contributed by atoms with van der Waals surface area (Å²) in [6.45, 7) is 2.49. The Bertz CT molecular complexity index is 770. The first-order chi connectivity index (χ1) is 12.2. The van der Waals surface area contributed by atoms with Crippen LogP contribution >= 0.6 is 0 Å². The number of imide groups is 1. The molecule has 9 heteroatoms. The second-order valence-corrected chi connectivity index (χ2v) is 6.39. The van der Waals surface area contributed by atoms with Gasteiger partial charge in [0.1, 0.15) is 11.6 Å². The molecule has 0 atom stereocenters. The zero-order valence-corrected chi connectivity index (χ0v) is 14.5. The Morgan fingerprint density at radius 1 is 1.12 bits per heavy atom. The lowest BCUT2D eigenvalue weighted by molar-refractivity contribution is -0.139. The summed E-state index contributed by atoms with van der Waals surface area (Å²) in [5, 5.41) is 2.05. The van der Waals surface area contributed by atoms with Gasteiger partial charge in [0, 0.05) is 31.8 Å². The summed E-state index contributed by atoms with van der Waals surface area (Å²) in [4.78, 5) is 29.9. The van der Waals surface area contributed by atoms with Crippen molar-refractivity contribution < 1.29 is 22.8 Å². The molecule has 3 rings (SSSR count). The first-order valence-corrected chi connectivity index (χ1v) is 8.33. The zero-order chi connectivity index (χ0) is 19.1. The number of nitrogens with zero attached hydrogens (tertiary/aromatic N) is 4. The summed E-state index contributed by atoms with van der Waals surface area (Å²) in [6.07, 6.45) is -0.779. The van der Waals surface area contributed by atoms with Crippen LogP contribution in [0.2, 0.25) is 0 Å². The number of hydrogen-bond acceptors (Lipinski definition) is 5. The predicted molar refractivity (Wildman–Crippen MR) is 89.3 cm³/mol. The van der Waals surface area contributed by atoms with Crippen LogP contribution < -0.4 is 9.91 Å². The molecule has 0 aromatic carbocycles. The van der Waals surface area contributed by atoms with Crippen molar-refractivity contribution in [3.63, 3.8) is 0 Å². The standard InChI is InChI=1S/C17H19F3N4O2/c1-11-10-14(25)24(16(11)26)22(2)13-7-6-12(17(18,19)20)15(21-13)23-8-4-3-5-9-23/h6-7,10H,3-5,8-9H2,1-2H3. The number of rotatable bonds is 3. The monoisotopic (exact) mass is 368 g/mol. The maximum Gasteiger partial charge on any atom is 0.419 e. The second-order valence-electron chi connectivity index (χ2n) is 6.39. The van der Waals surface area contributed by atoms with Crippen molar-refractivity contribution in [3.8, 4) is 0 Å². The third kappa shape index (κ3) is 3.25. The van der Waals surface area contributed by atoms with Crippen molar-refractivity contribution in [2.24, 2.45) is 0 Å². The number of hydrazine groups is 1. The second kappa shape index (κ2) is 6.62. The molecule has 1 aromatic heterocycles. The van der Waals surface area contributed by atoms with Gasteiger partial charge >= 0.3 is 6.18 Å². The van der Waals surface area contributed by atoms with Crippen LogP contribution in [0.4, 0.5) is 24.8 Å². The fraction of sp³-hybridized carbons (Fsp3) is 0.471. The van der Waals surface area contributed by atoms with E-state index in [1.807, 2.05) is 0 Å². The number of amides is 2. The van der Waals surface area contributed by atoms with Crippen LogP contribution in [0.25, 0.3) is 0 Å².